The van der Waals surface area contributed by atoms with Crippen LogP contribution in [0.15, 0.2) is 46.4 Å². The van der Waals surface area contributed by atoms with Crippen molar-refractivity contribution >= 4 is 28.6 Å². The van der Waals surface area contributed by atoms with Crippen molar-refractivity contribution in [3.63, 3.8) is 0 Å². The number of hydrogen-bond acceptors (Lipinski definition) is 4. The first kappa shape index (κ1) is 15.1. The van der Waals surface area contributed by atoms with Crippen LogP contribution in [0.1, 0.15) is 30.7 Å². The number of furan rings is 1. The fourth-order valence-corrected chi connectivity index (χ4v) is 3.94. The summed E-state index contributed by atoms with van der Waals surface area (Å²) in [4.78, 5) is 17.9. The summed E-state index contributed by atoms with van der Waals surface area (Å²) in [5, 5.41) is 2.03. The molecular formula is C17H17NO2S2. The zero-order valence-electron chi connectivity index (χ0n) is 12.5. The highest BCUT2D eigenvalue weighted by Gasteiger charge is 2.20. The molecule has 22 heavy (non-hydrogen) atoms. The number of amides is 1. The Balaban J connectivity index is 1.84. The van der Waals surface area contributed by atoms with Crippen LogP contribution in [0.25, 0.3) is 0 Å². The fourth-order valence-electron chi connectivity index (χ4n) is 2.22. The summed E-state index contributed by atoms with van der Waals surface area (Å²) in [5.74, 6) is 0.862. The highest BCUT2D eigenvalue weighted by Crippen LogP contribution is 2.24. The van der Waals surface area contributed by atoms with Gasteiger partial charge in [0.1, 0.15) is 5.76 Å². The van der Waals surface area contributed by atoms with Gasteiger partial charge in [0.05, 0.1) is 24.2 Å². The van der Waals surface area contributed by atoms with Gasteiger partial charge in [-0.3, -0.25) is 4.79 Å². The molecule has 0 N–H and O–H groups in total. The van der Waals surface area contributed by atoms with E-state index < -0.39 is 0 Å². The van der Waals surface area contributed by atoms with E-state index in [9.17, 15) is 4.79 Å². The number of carbonyl (C=O) groups excluding carboxylic acids is 1. The lowest BCUT2D eigenvalue weighted by atomic mass is 10.2. The molecule has 114 valence electrons. The molecule has 0 aliphatic rings. The van der Waals surface area contributed by atoms with Gasteiger partial charge >= 0.3 is 0 Å². The van der Waals surface area contributed by atoms with Crippen molar-refractivity contribution in [1.82, 2.24) is 4.90 Å². The van der Waals surface area contributed by atoms with Gasteiger partial charge in [-0.05, 0) is 49.1 Å². The second-order valence-electron chi connectivity index (χ2n) is 5.17. The molecule has 0 saturated heterocycles. The Hall–Kier alpha value is -1.85. The molecule has 0 unspecified atom stereocenters. The Morgan fingerprint density at radius 3 is 2.68 bits per heavy atom. The average molecular weight is 331 g/mol. The SMILES string of the molecule is Cc1cc(C(=O)N(Cc2ccco2)Cc2cccs2)sc1C. The maximum absolute atomic E-state index is 12.9. The van der Waals surface area contributed by atoms with Crippen molar-refractivity contribution in [2.24, 2.45) is 0 Å². The molecule has 0 aromatic carbocycles. The Morgan fingerprint density at radius 2 is 2.09 bits per heavy atom. The third-order valence-corrected chi connectivity index (χ3v) is 5.52. The predicted octanol–water partition coefficient (Wildman–Crippen LogP) is 4.86. The maximum Gasteiger partial charge on any atom is 0.264 e. The van der Waals surface area contributed by atoms with Crippen LogP contribution in [0, 0.1) is 13.8 Å². The van der Waals surface area contributed by atoms with Crippen LogP contribution in [0.3, 0.4) is 0 Å². The van der Waals surface area contributed by atoms with Gasteiger partial charge in [0, 0.05) is 9.75 Å². The molecule has 3 heterocycles. The van der Waals surface area contributed by atoms with E-state index in [1.54, 1.807) is 28.9 Å². The minimum Gasteiger partial charge on any atom is -0.467 e. The maximum atomic E-state index is 12.9. The van der Waals surface area contributed by atoms with Crippen LogP contribution in [-0.2, 0) is 13.1 Å². The normalized spacial score (nSPS) is 10.8. The molecule has 0 spiro atoms. The van der Waals surface area contributed by atoms with Gasteiger partial charge in [0.2, 0.25) is 0 Å². The van der Waals surface area contributed by atoms with Crippen molar-refractivity contribution in [1.29, 1.82) is 0 Å². The van der Waals surface area contributed by atoms with Gasteiger partial charge in [-0.15, -0.1) is 22.7 Å². The van der Waals surface area contributed by atoms with E-state index in [0.717, 1.165) is 10.6 Å². The smallest absolute Gasteiger partial charge is 0.264 e. The number of rotatable bonds is 5. The summed E-state index contributed by atoms with van der Waals surface area (Å²) in [5.41, 5.74) is 1.17. The Kier molecular flexibility index (Phi) is 4.45. The Bertz CT molecular complexity index is 686. The van der Waals surface area contributed by atoms with Crippen molar-refractivity contribution in [3.8, 4) is 0 Å². The van der Waals surface area contributed by atoms with Crippen molar-refractivity contribution < 1.29 is 9.21 Å². The van der Waals surface area contributed by atoms with Crippen LogP contribution in [0.2, 0.25) is 0 Å². The van der Waals surface area contributed by atoms with Gasteiger partial charge in [-0.2, -0.15) is 0 Å². The molecule has 3 nitrogen and oxygen atoms in total. The topological polar surface area (TPSA) is 33.5 Å². The second kappa shape index (κ2) is 6.50. The van der Waals surface area contributed by atoms with E-state index in [0.29, 0.717) is 13.1 Å². The average Bonchev–Trinajstić information content (AvgIpc) is 3.22. The summed E-state index contributed by atoms with van der Waals surface area (Å²) in [6, 6.07) is 9.79. The van der Waals surface area contributed by atoms with Crippen molar-refractivity contribution in [2.75, 3.05) is 0 Å². The number of hydrogen-bond donors (Lipinski definition) is 0. The Morgan fingerprint density at radius 1 is 1.23 bits per heavy atom. The summed E-state index contributed by atoms with van der Waals surface area (Å²) < 4.78 is 5.41. The van der Waals surface area contributed by atoms with E-state index >= 15 is 0 Å². The summed E-state index contributed by atoms with van der Waals surface area (Å²) >= 11 is 3.22. The second-order valence-corrected chi connectivity index (χ2v) is 7.46. The lowest BCUT2D eigenvalue weighted by Gasteiger charge is -2.20. The molecule has 3 aromatic rings. The summed E-state index contributed by atoms with van der Waals surface area (Å²) in [7, 11) is 0. The molecule has 0 aliphatic heterocycles. The molecule has 0 atom stereocenters. The van der Waals surface area contributed by atoms with E-state index in [2.05, 4.69) is 6.07 Å². The number of carbonyl (C=O) groups is 1. The molecule has 3 rings (SSSR count). The summed E-state index contributed by atoms with van der Waals surface area (Å²) in [6.45, 7) is 5.18. The molecule has 0 fully saturated rings. The zero-order valence-corrected chi connectivity index (χ0v) is 14.2. The largest absolute Gasteiger partial charge is 0.467 e. The van der Waals surface area contributed by atoms with Gasteiger partial charge < -0.3 is 9.32 Å². The predicted molar refractivity (Wildman–Crippen MR) is 90.4 cm³/mol. The summed E-state index contributed by atoms with van der Waals surface area (Å²) in [6.07, 6.45) is 1.64. The molecule has 0 aliphatic carbocycles. The van der Waals surface area contributed by atoms with E-state index in [1.165, 1.54) is 15.3 Å². The van der Waals surface area contributed by atoms with Gasteiger partial charge in [0.25, 0.3) is 5.91 Å². The van der Waals surface area contributed by atoms with E-state index in [-0.39, 0.29) is 5.91 Å². The van der Waals surface area contributed by atoms with Crippen molar-refractivity contribution in [2.45, 2.75) is 26.9 Å². The number of aryl methyl sites for hydroxylation is 2. The highest BCUT2D eigenvalue weighted by atomic mass is 32.1. The standard InChI is InChI=1S/C17H17NO2S2/c1-12-9-16(22-13(12)2)17(19)18(10-14-5-3-7-20-14)11-15-6-4-8-21-15/h3-9H,10-11H2,1-2H3. The van der Waals surface area contributed by atoms with Gasteiger partial charge in [-0.1, -0.05) is 6.07 Å². The van der Waals surface area contributed by atoms with Crippen LogP contribution >= 0.6 is 22.7 Å². The minimum atomic E-state index is 0.0611. The third kappa shape index (κ3) is 3.31. The van der Waals surface area contributed by atoms with Gasteiger partial charge in [-0.25, -0.2) is 0 Å². The third-order valence-electron chi connectivity index (χ3n) is 3.52. The molecule has 1 amide bonds. The van der Waals surface area contributed by atoms with E-state index in [4.69, 9.17) is 4.42 Å². The molecule has 0 radical (unpaired) electrons. The lowest BCUT2D eigenvalue weighted by Crippen LogP contribution is -2.29. The quantitative estimate of drug-likeness (QED) is 0.669. The van der Waals surface area contributed by atoms with Crippen molar-refractivity contribution in [3.05, 3.63) is 67.9 Å². The number of thiophene rings is 2. The first-order valence-electron chi connectivity index (χ1n) is 7.04. The molecular weight excluding hydrogens is 314 g/mol. The molecule has 0 saturated carbocycles. The first-order valence-corrected chi connectivity index (χ1v) is 8.74. The Labute approximate surface area is 137 Å². The van der Waals surface area contributed by atoms with Crippen LogP contribution in [-0.4, -0.2) is 10.8 Å². The monoisotopic (exact) mass is 331 g/mol. The van der Waals surface area contributed by atoms with E-state index in [1.807, 2.05) is 48.4 Å². The van der Waals surface area contributed by atoms with Crippen LogP contribution in [0.5, 0.6) is 0 Å². The first-order chi connectivity index (χ1) is 10.6. The lowest BCUT2D eigenvalue weighted by molar-refractivity contribution is 0.0724. The highest BCUT2D eigenvalue weighted by molar-refractivity contribution is 7.14. The minimum absolute atomic E-state index is 0.0611. The molecule has 0 bridgehead atoms. The fraction of sp³-hybridized carbons (Fsp3) is 0.235. The molecule has 5 heteroatoms. The zero-order chi connectivity index (χ0) is 15.5. The molecule has 3 aromatic heterocycles. The van der Waals surface area contributed by atoms with Crippen LogP contribution < -0.4 is 0 Å². The van der Waals surface area contributed by atoms with Gasteiger partial charge in [0.15, 0.2) is 0 Å². The number of nitrogens with zero attached hydrogens (tertiary/aromatic N) is 1. The van der Waals surface area contributed by atoms with Crippen LogP contribution in [0.4, 0.5) is 0 Å².